The third kappa shape index (κ3) is 3.60. The predicted molar refractivity (Wildman–Crippen MR) is 80.9 cm³/mol. The smallest absolute Gasteiger partial charge is 0.271 e. The summed E-state index contributed by atoms with van der Waals surface area (Å²) >= 11 is 0. The number of benzene rings is 1. The lowest BCUT2D eigenvalue weighted by atomic mass is 10.1. The molecule has 120 valence electrons. The van der Waals surface area contributed by atoms with Crippen molar-refractivity contribution in [2.45, 2.75) is 19.8 Å². The van der Waals surface area contributed by atoms with Crippen molar-refractivity contribution in [1.29, 1.82) is 0 Å². The number of rotatable bonds is 5. The number of carbonyl (C=O) groups excluding carboxylic acids is 1. The van der Waals surface area contributed by atoms with Crippen LogP contribution in [0.25, 0.3) is 0 Å². The zero-order valence-electron chi connectivity index (χ0n) is 12.1. The lowest BCUT2D eigenvalue weighted by molar-refractivity contribution is -0.384. The highest BCUT2D eigenvalue weighted by Gasteiger charge is 2.34. The topological polar surface area (TPSA) is 124 Å². The summed E-state index contributed by atoms with van der Waals surface area (Å²) in [5, 5.41) is 15.9. The lowest BCUT2D eigenvalue weighted by Crippen LogP contribution is -2.28. The third-order valence-corrected chi connectivity index (χ3v) is 4.56. The van der Waals surface area contributed by atoms with Crippen LogP contribution in [-0.2, 0) is 21.2 Å². The summed E-state index contributed by atoms with van der Waals surface area (Å²) in [7, 11) is -3.66. The van der Waals surface area contributed by atoms with Crippen molar-refractivity contribution in [3.05, 3.63) is 33.9 Å². The van der Waals surface area contributed by atoms with Gasteiger partial charge in [0.15, 0.2) is 0 Å². The minimum Gasteiger partial charge on any atom is -0.312 e. The molecule has 1 saturated heterocycles. The van der Waals surface area contributed by atoms with E-state index in [9.17, 15) is 23.3 Å². The van der Waals surface area contributed by atoms with Gasteiger partial charge in [0.2, 0.25) is 15.9 Å². The Kier molecular flexibility index (Phi) is 4.47. The van der Waals surface area contributed by atoms with Gasteiger partial charge in [-0.2, -0.15) is 0 Å². The molecule has 2 N–H and O–H groups in total. The van der Waals surface area contributed by atoms with E-state index in [0.29, 0.717) is 12.1 Å². The van der Waals surface area contributed by atoms with Crippen LogP contribution in [0, 0.1) is 16.0 Å². The van der Waals surface area contributed by atoms with Crippen LogP contribution < -0.4 is 10.0 Å². The maximum absolute atomic E-state index is 12.1. The van der Waals surface area contributed by atoms with E-state index < -0.39 is 20.9 Å². The zero-order valence-corrected chi connectivity index (χ0v) is 12.9. The second kappa shape index (κ2) is 6.01. The van der Waals surface area contributed by atoms with Crippen molar-refractivity contribution in [3.8, 4) is 0 Å². The van der Waals surface area contributed by atoms with Crippen LogP contribution in [0.15, 0.2) is 18.2 Å². The van der Waals surface area contributed by atoms with Crippen LogP contribution >= 0.6 is 0 Å². The lowest BCUT2D eigenvalue weighted by Gasteiger charge is -2.19. The Morgan fingerprint density at radius 1 is 1.45 bits per heavy atom. The Balaban J connectivity index is 2.33. The summed E-state index contributed by atoms with van der Waals surface area (Å²) in [6.07, 6.45) is 0.680. The van der Waals surface area contributed by atoms with Gasteiger partial charge >= 0.3 is 0 Å². The molecule has 0 bridgehead atoms. The van der Waals surface area contributed by atoms with Gasteiger partial charge in [-0.25, -0.2) is 13.6 Å². The highest BCUT2D eigenvalue weighted by molar-refractivity contribution is 7.89. The van der Waals surface area contributed by atoms with E-state index >= 15 is 0 Å². The SMILES string of the molecule is CCc1ccc([N+](=O)[O-])cc1N1CC(CS(N)(=O)=O)CC1=O. The molecule has 1 unspecified atom stereocenters. The molecular weight excluding hydrogens is 310 g/mol. The number of aryl methyl sites for hydroxylation is 1. The van der Waals surface area contributed by atoms with Crippen LogP contribution in [0.2, 0.25) is 0 Å². The second-order valence-corrected chi connectivity index (χ2v) is 6.99. The van der Waals surface area contributed by atoms with Crippen molar-refractivity contribution >= 4 is 27.3 Å². The number of non-ortho nitro benzene ring substituents is 1. The average molecular weight is 327 g/mol. The molecule has 1 atom stereocenters. The van der Waals surface area contributed by atoms with Crippen molar-refractivity contribution < 1.29 is 18.1 Å². The third-order valence-electron chi connectivity index (χ3n) is 3.62. The van der Waals surface area contributed by atoms with Gasteiger partial charge in [0.05, 0.1) is 16.4 Å². The largest absolute Gasteiger partial charge is 0.312 e. The van der Waals surface area contributed by atoms with Crippen molar-refractivity contribution in [2.24, 2.45) is 11.1 Å². The number of hydrogen-bond donors (Lipinski definition) is 1. The van der Waals surface area contributed by atoms with Gasteiger partial charge < -0.3 is 4.90 Å². The first kappa shape index (κ1) is 16.4. The summed E-state index contributed by atoms with van der Waals surface area (Å²) in [6.45, 7) is 2.08. The van der Waals surface area contributed by atoms with Crippen molar-refractivity contribution in [2.75, 3.05) is 17.2 Å². The summed E-state index contributed by atoms with van der Waals surface area (Å²) in [6, 6.07) is 4.37. The molecule has 2 rings (SSSR count). The van der Waals surface area contributed by atoms with E-state index in [2.05, 4.69) is 0 Å². The van der Waals surface area contributed by atoms with Crippen molar-refractivity contribution in [1.82, 2.24) is 0 Å². The average Bonchev–Trinajstić information content (AvgIpc) is 2.76. The molecule has 0 spiro atoms. The van der Waals surface area contributed by atoms with E-state index in [1.165, 1.54) is 17.0 Å². The van der Waals surface area contributed by atoms with Crippen LogP contribution in [-0.4, -0.2) is 31.5 Å². The molecule has 0 aromatic heterocycles. The van der Waals surface area contributed by atoms with E-state index in [4.69, 9.17) is 5.14 Å². The molecule has 9 heteroatoms. The first-order valence-corrected chi connectivity index (χ1v) is 8.51. The molecule has 1 aromatic carbocycles. The highest BCUT2D eigenvalue weighted by Crippen LogP contribution is 2.32. The Morgan fingerprint density at radius 2 is 2.14 bits per heavy atom. The fourth-order valence-corrected chi connectivity index (χ4v) is 3.55. The first-order valence-electron chi connectivity index (χ1n) is 6.79. The standard InChI is InChI=1S/C13H17N3O5S/c1-2-10-3-4-11(16(18)19)6-12(10)15-7-9(5-13(15)17)8-22(14,20)21/h3-4,6,9H,2,5,7-8H2,1H3,(H2,14,20,21). The van der Waals surface area contributed by atoms with Crippen molar-refractivity contribution in [3.63, 3.8) is 0 Å². The quantitative estimate of drug-likeness (QED) is 0.632. The van der Waals surface area contributed by atoms with Gasteiger partial charge in [0.1, 0.15) is 0 Å². The van der Waals surface area contributed by atoms with Gasteiger partial charge in [-0.15, -0.1) is 0 Å². The maximum Gasteiger partial charge on any atom is 0.271 e. The molecule has 1 aliphatic heterocycles. The maximum atomic E-state index is 12.1. The number of carbonyl (C=O) groups is 1. The molecular formula is C13H17N3O5S. The van der Waals surface area contributed by atoms with Crippen LogP contribution in [0.4, 0.5) is 11.4 Å². The molecule has 1 heterocycles. The Bertz CT molecular complexity index is 716. The predicted octanol–water partition coefficient (Wildman–Crippen LogP) is 0.799. The Morgan fingerprint density at radius 3 is 2.68 bits per heavy atom. The number of nitro benzene ring substituents is 1. The molecule has 1 aliphatic rings. The monoisotopic (exact) mass is 327 g/mol. The molecule has 1 aromatic rings. The minimum atomic E-state index is -3.66. The van der Waals surface area contributed by atoms with Crippen LogP contribution in [0.3, 0.4) is 0 Å². The van der Waals surface area contributed by atoms with Crippen LogP contribution in [0.1, 0.15) is 18.9 Å². The highest BCUT2D eigenvalue weighted by atomic mass is 32.2. The van der Waals surface area contributed by atoms with E-state index in [1.807, 2.05) is 6.92 Å². The molecule has 1 fully saturated rings. The fourth-order valence-electron chi connectivity index (χ4n) is 2.67. The summed E-state index contributed by atoms with van der Waals surface area (Å²) in [5.41, 5.74) is 1.17. The number of nitrogens with two attached hydrogens (primary N) is 1. The first-order chi connectivity index (χ1) is 10.2. The summed E-state index contributed by atoms with van der Waals surface area (Å²) in [4.78, 5) is 23.9. The summed E-state index contributed by atoms with van der Waals surface area (Å²) in [5.74, 6) is -0.915. The van der Waals surface area contributed by atoms with E-state index in [0.717, 1.165) is 5.56 Å². The normalized spacial score (nSPS) is 18.7. The zero-order chi connectivity index (χ0) is 16.5. The molecule has 0 radical (unpaired) electrons. The molecule has 0 saturated carbocycles. The van der Waals surface area contributed by atoms with E-state index in [-0.39, 0.29) is 30.3 Å². The number of sulfonamides is 1. The van der Waals surface area contributed by atoms with E-state index in [1.54, 1.807) is 6.07 Å². The number of amides is 1. The Hall–Kier alpha value is -2.00. The number of nitro groups is 1. The second-order valence-electron chi connectivity index (χ2n) is 5.33. The number of anilines is 1. The molecule has 22 heavy (non-hydrogen) atoms. The van der Waals surface area contributed by atoms with Gasteiger partial charge in [-0.3, -0.25) is 14.9 Å². The number of nitrogens with zero attached hydrogens (tertiary/aromatic N) is 2. The molecule has 8 nitrogen and oxygen atoms in total. The molecule has 1 amide bonds. The van der Waals surface area contributed by atoms with Gasteiger partial charge in [-0.05, 0) is 12.0 Å². The minimum absolute atomic E-state index is 0.0717. The van der Waals surface area contributed by atoms with Gasteiger partial charge in [0, 0.05) is 31.0 Å². The van der Waals surface area contributed by atoms with Gasteiger partial charge in [-0.1, -0.05) is 13.0 Å². The Labute approximate surface area is 128 Å². The van der Waals surface area contributed by atoms with Crippen LogP contribution in [0.5, 0.6) is 0 Å². The van der Waals surface area contributed by atoms with Gasteiger partial charge in [0.25, 0.3) is 5.69 Å². The fraction of sp³-hybridized carbons (Fsp3) is 0.462. The molecule has 0 aliphatic carbocycles. The number of primary sulfonamides is 1. The number of hydrogen-bond acceptors (Lipinski definition) is 5. The summed E-state index contributed by atoms with van der Waals surface area (Å²) < 4.78 is 22.3.